The Bertz CT molecular complexity index is 875. The molecule has 1 aromatic carbocycles. The van der Waals surface area contributed by atoms with Crippen molar-refractivity contribution in [1.82, 2.24) is 10.3 Å². The standard InChI is InChI=1S/C19H20N2O3S2/c1-12(17-5-4-8-25-17)20-18(22)10-14-11-26-19(21-14)13-6-7-15(23-2)16(9-13)24-3/h4-9,11-12H,10H2,1-3H3,(H,20,22)/t12-/m1/s1. The summed E-state index contributed by atoms with van der Waals surface area (Å²) in [5, 5.41) is 7.79. The van der Waals surface area contributed by atoms with Crippen LogP contribution in [0.25, 0.3) is 10.6 Å². The fraction of sp³-hybridized carbons (Fsp3) is 0.263. The molecule has 2 heterocycles. The van der Waals surface area contributed by atoms with Gasteiger partial charge in [0.1, 0.15) is 5.01 Å². The van der Waals surface area contributed by atoms with Crippen LogP contribution in [0.15, 0.2) is 41.1 Å². The highest BCUT2D eigenvalue weighted by Gasteiger charge is 2.14. The number of hydrogen-bond donors (Lipinski definition) is 1. The molecule has 0 aliphatic heterocycles. The number of benzene rings is 1. The van der Waals surface area contributed by atoms with E-state index in [9.17, 15) is 4.79 Å². The van der Waals surface area contributed by atoms with Gasteiger partial charge in [0.05, 0.1) is 32.4 Å². The zero-order valence-corrected chi connectivity index (χ0v) is 16.4. The molecule has 3 rings (SSSR count). The summed E-state index contributed by atoms with van der Waals surface area (Å²) in [6.07, 6.45) is 0.263. The molecular formula is C19H20N2O3S2. The van der Waals surface area contributed by atoms with Crippen molar-refractivity contribution >= 4 is 28.6 Å². The first-order valence-electron chi connectivity index (χ1n) is 8.10. The molecule has 0 aliphatic rings. The first-order valence-corrected chi connectivity index (χ1v) is 9.86. The Morgan fingerprint density at radius 2 is 2.00 bits per heavy atom. The van der Waals surface area contributed by atoms with E-state index in [2.05, 4.69) is 10.3 Å². The minimum Gasteiger partial charge on any atom is -0.493 e. The number of aromatic nitrogens is 1. The summed E-state index contributed by atoms with van der Waals surface area (Å²) in [5.74, 6) is 1.30. The average Bonchev–Trinajstić information content (AvgIpc) is 3.33. The van der Waals surface area contributed by atoms with Gasteiger partial charge in [-0.1, -0.05) is 6.07 Å². The van der Waals surface area contributed by atoms with E-state index in [1.54, 1.807) is 25.6 Å². The second kappa shape index (κ2) is 8.33. The number of thiophene rings is 1. The number of thiazole rings is 1. The largest absolute Gasteiger partial charge is 0.493 e. The van der Waals surface area contributed by atoms with Crippen LogP contribution in [0.3, 0.4) is 0 Å². The topological polar surface area (TPSA) is 60.5 Å². The van der Waals surface area contributed by atoms with Crippen LogP contribution >= 0.6 is 22.7 Å². The van der Waals surface area contributed by atoms with Crippen LogP contribution in [0, 0.1) is 0 Å². The van der Waals surface area contributed by atoms with Gasteiger partial charge < -0.3 is 14.8 Å². The van der Waals surface area contributed by atoms with E-state index in [4.69, 9.17) is 9.47 Å². The third-order valence-electron chi connectivity index (χ3n) is 3.87. The van der Waals surface area contributed by atoms with Gasteiger partial charge in [0.15, 0.2) is 11.5 Å². The highest BCUT2D eigenvalue weighted by Crippen LogP contribution is 2.33. The van der Waals surface area contributed by atoms with Crippen molar-refractivity contribution in [3.8, 4) is 22.1 Å². The Labute approximate surface area is 160 Å². The van der Waals surface area contributed by atoms with Crippen LogP contribution in [0.2, 0.25) is 0 Å². The van der Waals surface area contributed by atoms with Crippen molar-refractivity contribution in [2.24, 2.45) is 0 Å². The molecule has 7 heteroatoms. The number of nitrogens with zero attached hydrogens (tertiary/aromatic N) is 1. The Kier molecular flexibility index (Phi) is 5.90. The summed E-state index contributed by atoms with van der Waals surface area (Å²) < 4.78 is 10.6. The zero-order valence-electron chi connectivity index (χ0n) is 14.8. The van der Waals surface area contributed by atoms with Crippen molar-refractivity contribution < 1.29 is 14.3 Å². The predicted octanol–water partition coefficient (Wildman–Crippen LogP) is 4.31. The first kappa shape index (κ1) is 18.4. The van der Waals surface area contributed by atoms with Crippen molar-refractivity contribution in [2.75, 3.05) is 14.2 Å². The number of nitrogens with one attached hydrogen (secondary N) is 1. The predicted molar refractivity (Wildman–Crippen MR) is 105 cm³/mol. The Morgan fingerprint density at radius 1 is 1.19 bits per heavy atom. The van der Waals surface area contributed by atoms with Crippen LogP contribution in [-0.2, 0) is 11.2 Å². The zero-order chi connectivity index (χ0) is 18.5. The maximum atomic E-state index is 12.3. The second-order valence-electron chi connectivity index (χ2n) is 5.70. The third kappa shape index (κ3) is 4.23. The number of amides is 1. The molecule has 0 radical (unpaired) electrons. The molecular weight excluding hydrogens is 368 g/mol. The van der Waals surface area contributed by atoms with Crippen molar-refractivity contribution in [2.45, 2.75) is 19.4 Å². The average molecular weight is 389 g/mol. The van der Waals surface area contributed by atoms with Gasteiger partial charge in [0.25, 0.3) is 0 Å². The molecule has 0 unspecified atom stereocenters. The maximum Gasteiger partial charge on any atom is 0.226 e. The van der Waals surface area contributed by atoms with Crippen molar-refractivity contribution in [3.63, 3.8) is 0 Å². The first-order chi connectivity index (χ1) is 12.6. The number of carbonyl (C=O) groups is 1. The van der Waals surface area contributed by atoms with E-state index >= 15 is 0 Å². The Hall–Kier alpha value is -2.38. The molecule has 0 aliphatic carbocycles. The van der Waals surface area contributed by atoms with Crippen LogP contribution in [0.5, 0.6) is 11.5 Å². The number of rotatable bonds is 7. The third-order valence-corrected chi connectivity index (χ3v) is 5.87. The second-order valence-corrected chi connectivity index (χ2v) is 7.53. The smallest absolute Gasteiger partial charge is 0.226 e. The molecule has 0 saturated carbocycles. The van der Waals surface area contributed by atoms with Crippen LogP contribution in [0.1, 0.15) is 23.5 Å². The lowest BCUT2D eigenvalue weighted by Gasteiger charge is -2.11. The van der Waals surface area contributed by atoms with E-state index in [1.807, 2.05) is 48.0 Å². The fourth-order valence-electron chi connectivity index (χ4n) is 2.56. The molecule has 136 valence electrons. The van der Waals surface area contributed by atoms with Gasteiger partial charge in [-0.15, -0.1) is 22.7 Å². The van der Waals surface area contributed by atoms with Gasteiger partial charge in [-0.2, -0.15) is 0 Å². The van der Waals surface area contributed by atoms with Gasteiger partial charge >= 0.3 is 0 Å². The SMILES string of the molecule is COc1ccc(-c2nc(CC(=O)N[C@H](C)c3cccs3)cs2)cc1OC. The quantitative estimate of drug-likeness (QED) is 0.655. The number of hydrogen-bond acceptors (Lipinski definition) is 6. The molecule has 1 atom stereocenters. The van der Waals surface area contributed by atoms with Crippen molar-refractivity contribution in [1.29, 1.82) is 0 Å². The molecule has 0 spiro atoms. The summed E-state index contributed by atoms with van der Waals surface area (Å²) in [6, 6.07) is 9.69. The highest BCUT2D eigenvalue weighted by atomic mass is 32.1. The monoisotopic (exact) mass is 388 g/mol. The molecule has 0 saturated heterocycles. The van der Waals surface area contributed by atoms with Gasteiger partial charge in [-0.05, 0) is 36.6 Å². The van der Waals surface area contributed by atoms with Gasteiger partial charge in [-0.25, -0.2) is 4.98 Å². The summed E-state index contributed by atoms with van der Waals surface area (Å²) in [6.45, 7) is 1.99. The molecule has 26 heavy (non-hydrogen) atoms. The fourth-order valence-corrected chi connectivity index (χ4v) is 4.11. The van der Waals surface area contributed by atoms with Gasteiger partial charge in [0.2, 0.25) is 5.91 Å². The minimum absolute atomic E-state index is 0.00598. The summed E-state index contributed by atoms with van der Waals surface area (Å²) in [4.78, 5) is 18.0. The van der Waals surface area contributed by atoms with Crippen LogP contribution in [0.4, 0.5) is 0 Å². The van der Waals surface area contributed by atoms with Crippen LogP contribution in [-0.4, -0.2) is 25.1 Å². The summed E-state index contributed by atoms with van der Waals surface area (Å²) >= 11 is 3.15. The molecule has 5 nitrogen and oxygen atoms in total. The van der Waals surface area contributed by atoms with Crippen LogP contribution < -0.4 is 14.8 Å². The van der Waals surface area contributed by atoms with E-state index < -0.39 is 0 Å². The number of methoxy groups -OCH3 is 2. The molecule has 2 aromatic heterocycles. The van der Waals surface area contributed by atoms with E-state index in [-0.39, 0.29) is 18.4 Å². The van der Waals surface area contributed by atoms with E-state index in [1.165, 1.54) is 11.3 Å². The molecule has 0 bridgehead atoms. The lowest BCUT2D eigenvalue weighted by Crippen LogP contribution is -2.27. The van der Waals surface area contributed by atoms with Gasteiger partial charge in [-0.3, -0.25) is 4.79 Å². The molecule has 1 amide bonds. The van der Waals surface area contributed by atoms with E-state index in [0.717, 1.165) is 21.1 Å². The number of ether oxygens (including phenoxy) is 2. The Balaban J connectivity index is 1.67. The maximum absolute atomic E-state index is 12.3. The lowest BCUT2D eigenvalue weighted by molar-refractivity contribution is -0.121. The minimum atomic E-state index is -0.0324. The molecule has 0 fully saturated rings. The number of carbonyl (C=O) groups excluding carboxylic acids is 1. The summed E-state index contributed by atoms with van der Waals surface area (Å²) in [5.41, 5.74) is 1.70. The highest BCUT2D eigenvalue weighted by molar-refractivity contribution is 7.13. The Morgan fingerprint density at radius 3 is 2.69 bits per heavy atom. The molecule has 3 aromatic rings. The lowest BCUT2D eigenvalue weighted by atomic mass is 10.2. The molecule has 1 N–H and O–H groups in total. The summed E-state index contributed by atoms with van der Waals surface area (Å²) in [7, 11) is 3.21. The van der Waals surface area contributed by atoms with Gasteiger partial charge in [0, 0.05) is 15.8 Å². The normalized spacial score (nSPS) is 11.8. The van der Waals surface area contributed by atoms with Crippen molar-refractivity contribution in [3.05, 3.63) is 51.7 Å². The van der Waals surface area contributed by atoms with E-state index in [0.29, 0.717) is 11.5 Å².